The van der Waals surface area contributed by atoms with Gasteiger partial charge in [-0.05, 0) is 24.6 Å². The van der Waals surface area contributed by atoms with Gasteiger partial charge in [-0.15, -0.1) is 0 Å². The van der Waals surface area contributed by atoms with Crippen molar-refractivity contribution in [2.45, 2.75) is 19.3 Å². The van der Waals surface area contributed by atoms with E-state index in [1.54, 1.807) is 14.2 Å². The van der Waals surface area contributed by atoms with Crippen LogP contribution in [-0.2, 0) is 0 Å². The maximum absolute atomic E-state index is 5.47. The third kappa shape index (κ3) is 3.79. The Morgan fingerprint density at radius 3 is 2.38 bits per heavy atom. The summed E-state index contributed by atoms with van der Waals surface area (Å²) in [6.07, 6.45) is 0.933. The van der Waals surface area contributed by atoms with E-state index in [1.807, 2.05) is 48.5 Å². The Hall–Kier alpha value is -2.40. The van der Waals surface area contributed by atoms with Gasteiger partial charge in [0.15, 0.2) is 0 Å². The molecule has 1 unspecified atom stereocenters. The van der Waals surface area contributed by atoms with E-state index in [1.165, 1.54) is 0 Å². The molecule has 2 heteroatoms. The van der Waals surface area contributed by atoms with E-state index in [0.29, 0.717) is 0 Å². The van der Waals surface area contributed by atoms with Crippen molar-refractivity contribution in [1.29, 1.82) is 0 Å². The molecular weight excluding hydrogens is 260 g/mol. The van der Waals surface area contributed by atoms with E-state index in [4.69, 9.17) is 9.47 Å². The first-order chi connectivity index (χ1) is 10.3. The summed E-state index contributed by atoms with van der Waals surface area (Å²) in [5.41, 5.74) is 2.13. The van der Waals surface area contributed by atoms with Gasteiger partial charge in [0.25, 0.3) is 0 Å². The normalized spacial score (nSPS) is 11.2. The molecule has 2 aromatic carbocycles. The summed E-state index contributed by atoms with van der Waals surface area (Å²) in [6, 6.07) is 15.9. The lowest BCUT2D eigenvalue weighted by Gasteiger charge is -2.14. The number of ether oxygens (including phenoxy) is 2. The van der Waals surface area contributed by atoms with Crippen molar-refractivity contribution in [1.82, 2.24) is 0 Å². The number of benzene rings is 2. The molecule has 0 heterocycles. The predicted octanol–water partition coefficient (Wildman–Crippen LogP) is 4.25. The van der Waals surface area contributed by atoms with Crippen LogP contribution in [0.3, 0.4) is 0 Å². The van der Waals surface area contributed by atoms with Crippen LogP contribution in [0.25, 0.3) is 0 Å². The van der Waals surface area contributed by atoms with Gasteiger partial charge in [0.05, 0.1) is 14.2 Å². The second-order valence-corrected chi connectivity index (χ2v) is 4.70. The summed E-state index contributed by atoms with van der Waals surface area (Å²) in [4.78, 5) is 0. The van der Waals surface area contributed by atoms with Crippen LogP contribution in [0.2, 0.25) is 0 Å². The SMILES string of the molecule is CCC(C#Cc1ccccc1)c1ccc(OC)cc1OC. The zero-order chi connectivity index (χ0) is 15.1. The van der Waals surface area contributed by atoms with Crippen molar-refractivity contribution in [2.24, 2.45) is 0 Å². The molecule has 0 aromatic heterocycles. The van der Waals surface area contributed by atoms with Gasteiger partial charge in [-0.1, -0.05) is 43.0 Å². The Labute approximate surface area is 126 Å². The molecule has 2 rings (SSSR count). The summed E-state index contributed by atoms with van der Waals surface area (Å²) in [5, 5.41) is 0. The Morgan fingerprint density at radius 1 is 1.00 bits per heavy atom. The molecule has 2 aromatic rings. The van der Waals surface area contributed by atoms with Crippen LogP contribution in [0.4, 0.5) is 0 Å². The van der Waals surface area contributed by atoms with Crippen molar-refractivity contribution in [3.63, 3.8) is 0 Å². The summed E-state index contributed by atoms with van der Waals surface area (Å²) >= 11 is 0. The quantitative estimate of drug-likeness (QED) is 0.779. The zero-order valence-corrected chi connectivity index (χ0v) is 12.7. The molecule has 0 aliphatic heterocycles. The highest BCUT2D eigenvalue weighted by Crippen LogP contribution is 2.32. The monoisotopic (exact) mass is 280 g/mol. The Kier molecular flexibility index (Phi) is 5.29. The van der Waals surface area contributed by atoms with E-state index in [0.717, 1.165) is 29.0 Å². The number of hydrogen-bond acceptors (Lipinski definition) is 2. The average molecular weight is 280 g/mol. The molecule has 0 spiro atoms. The van der Waals surface area contributed by atoms with Gasteiger partial charge >= 0.3 is 0 Å². The Balaban J connectivity index is 2.32. The van der Waals surface area contributed by atoms with Crippen LogP contribution in [-0.4, -0.2) is 14.2 Å². The minimum absolute atomic E-state index is 0.145. The van der Waals surface area contributed by atoms with Crippen molar-refractivity contribution < 1.29 is 9.47 Å². The molecule has 21 heavy (non-hydrogen) atoms. The van der Waals surface area contributed by atoms with Crippen molar-refractivity contribution >= 4 is 0 Å². The molecule has 0 bridgehead atoms. The summed E-state index contributed by atoms with van der Waals surface area (Å²) in [5.74, 6) is 8.34. The molecule has 0 saturated heterocycles. The van der Waals surface area contributed by atoms with Gasteiger partial charge < -0.3 is 9.47 Å². The molecule has 0 fully saturated rings. The molecule has 0 radical (unpaired) electrons. The largest absolute Gasteiger partial charge is 0.497 e. The smallest absolute Gasteiger partial charge is 0.127 e. The maximum Gasteiger partial charge on any atom is 0.127 e. The molecule has 0 aliphatic rings. The van der Waals surface area contributed by atoms with Crippen molar-refractivity contribution in [2.75, 3.05) is 14.2 Å². The molecule has 108 valence electrons. The lowest BCUT2D eigenvalue weighted by molar-refractivity contribution is 0.390. The minimum Gasteiger partial charge on any atom is -0.497 e. The fourth-order valence-corrected chi connectivity index (χ4v) is 2.20. The van der Waals surface area contributed by atoms with Crippen LogP contribution in [0.1, 0.15) is 30.4 Å². The molecule has 0 N–H and O–H groups in total. The lowest BCUT2D eigenvalue weighted by Crippen LogP contribution is -1.99. The highest BCUT2D eigenvalue weighted by atomic mass is 16.5. The van der Waals surface area contributed by atoms with E-state index >= 15 is 0 Å². The van der Waals surface area contributed by atoms with Gasteiger partial charge in [0.1, 0.15) is 11.5 Å². The summed E-state index contributed by atoms with van der Waals surface area (Å²) < 4.78 is 10.7. The standard InChI is InChI=1S/C19H20O2/c1-4-16(11-10-15-8-6-5-7-9-15)18-13-12-17(20-2)14-19(18)21-3/h5-9,12-14,16H,4H2,1-3H3. The van der Waals surface area contributed by atoms with Gasteiger partial charge in [0.2, 0.25) is 0 Å². The van der Waals surface area contributed by atoms with Gasteiger partial charge in [0, 0.05) is 23.1 Å². The maximum atomic E-state index is 5.47. The summed E-state index contributed by atoms with van der Waals surface area (Å²) in [6.45, 7) is 2.13. The molecule has 0 saturated carbocycles. The highest BCUT2D eigenvalue weighted by molar-refractivity contribution is 5.46. The van der Waals surface area contributed by atoms with E-state index in [9.17, 15) is 0 Å². The number of hydrogen-bond donors (Lipinski definition) is 0. The topological polar surface area (TPSA) is 18.5 Å². The van der Waals surface area contributed by atoms with Crippen LogP contribution >= 0.6 is 0 Å². The predicted molar refractivity (Wildman–Crippen MR) is 85.9 cm³/mol. The molecular formula is C19H20O2. The second-order valence-electron chi connectivity index (χ2n) is 4.70. The zero-order valence-electron chi connectivity index (χ0n) is 12.7. The minimum atomic E-state index is 0.145. The third-order valence-electron chi connectivity index (χ3n) is 3.39. The molecule has 1 atom stereocenters. The molecule has 0 aliphatic carbocycles. The first-order valence-electron chi connectivity index (χ1n) is 7.07. The van der Waals surface area contributed by atoms with Gasteiger partial charge in [-0.25, -0.2) is 0 Å². The molecule has 0 amide bonds. The highest BCUT2D eigenvalue weighted by Gasteiger charge is 2.13. The van der Waals surface area contributed by atoms with Crippen LogP contribution < -0.4 is 9.47 Å². The van der Waals surface area contributed by atoms with Crippen LogP contribution in [0.15, 0.2) is 48.5 Å². The van der Waals surface area contributed by atoms with E-state index in [-0.39, 0.29) is 5.92 Å². The van der Waals surface area contributed by atoms with Crippen LogP contribution in [0.5, 0.6) is 11.5 Å². The van der Waals surface area contributed by atoms with Crippen molar-refractivity contribution in [3.05, 3.63) is 59.7 Å². The van der Waals surface area contributed by atoms with Gasteiger partial charge in [-0.2, -0.15) is 0 Å². The molecule has 2 nitrogen and oxygen atoms in total. The fourth-order valence-electron chi connectivity index (χ4n) is 2.20. The Bertz CT molecular complexity index is 636. The third-order valence-corrected chi connectivity index (χ3v) is 3.39. The number of methoxy groups -OCH3 is 2. The first-order valence-corrected chi connectivity index (χ1v) is 7.07. The summed E-state index contributed by atoms with van der Waals surface area (Å²) in [7, 11) is 3.33. The number of rotatable bonds is 4. The van der Waals surface area contributed by atoms with E-state index in [2.05, 4.69) is 18.8 Å². The van der Waals surface area contributed by atoms with Crippen LogP contribution in [0, 0.1) is 11.8 Å². The van der Waals surface area contributed by atoms with Crippen molar-refractivity contribution in [3.8, 4) is 23.3 Å². The lowest BCUT2D eigenvalue weighted by atomic mass is 9.95. The first kappa shape index (κ1) is 15.0. The average Bonchev–Trinajstić information content (AvgIpc) is 2.56. The Morgan fingerprint density at radius 2 is 1.76 bits per heavy atom. The fraction of sp³-hybridized carbons (Fsp3) is 0.263. The van der Waals surface area contributed by atoms with E-state index < -0.39 is 0 Å². The van der Waals surface area contributed by atoms with Gasteiger partial charge in [-0.3, -0.25) is 0 Å². The second kappa shape index (κ2) is 7.40.